The van der Waals surface area contributed by atoms with Gasteiger partial charge in [-0.25, -0.2) is 4.21 Å². The normalized spacial score (nSPS) is 15.9. The highest BCUT2D eigenvalue weighted by molar-refractivity contribution is 8.26. The molecule has 2 heterocycles. The Kier molecular flexibility index (Phi) is 3.73. The van der Waals surface area contributed by atoms with Crippen molar-refractivity contribution in [1.82, 2.24) is 0 Å². The molecule has 2 N–H and O–H groups in total. The molecule has 0 spiro atoms. The van der Waals surface area contributed by atoms with Gasteiger partial charge >= 0.3 is 0 Å². The molecule has 2 aromatic carbocycles. The van der Waals surface area contributed by atoms with Crippen LogP contribution >= 0.6 is 23.9 Å². The van der Waals surface area contributed by atoms with E-state index in [1.807, 2.05) is 60.7 Å². The largest absolute Gasteiger partial charge is 0.325 e. The fraction of sp³-hybridized carbons (Fsp3) is 0. The molecule has 0 amide bonds. The van der Waals surface area contributed by atoms with Crippen LogP contribution in [-0.4, -0.2) is 4.21 Å². The average Bonchev–Trinajstić information content (AvgIpc) is 2.60. The number of fused-ring (bicyclic) bond motifs is 2. The van der Waals surface area contributed by atoms with Crippen LogP contribution in [0.5, 0.6) is 0 Å². The van der Waals surface area contributed by atoms with Crippen molar-refractivity contribution in [3.05, 3.63) is 68.1 Å². The predicted molar refractivity (Wildman–Crippen MR) is 99.4 cm³/mol. The lowest BCUT2D eigenvalue weighted by Gasteiger charge is -2.20. The molecule has 0 aromatic heterocycles. The first kappa shape index (κ1) is 14.0. The first-order valence-corrected chi connectivity index (χ1v) is 9.48. The molecule has 0 bridgehead atoms. The average molecular weight is 344 g/mol. The highest BCUT2D eigenvalue weighted by Gasteiger charge is 2.22. The summed E-state index contributed by atoms with van der Waals surface area (Å²) in [4.78, 5) is 0. The standard InChI is InChI=1S/C16H12N2OS3/c19-22(15-9-11-5-1-3-7-13(11)17-20-15)16-10-12-6-2-4-8-14(12)18-21-16/h1-10,17-18H. The Morgan fingerprint density at radius 1 is 0.727 bits per heavy atom. The summed E-state index contributed by atoms with van der Waals surface area (Å²) in [5.41, 5.74) is 4.25. The molecular weight excluding hydrogens is 332 g/mol. The van der Waals surface area contributed by atoms with Crippen LogP contribution in [0.4, 0.5) is 11.4 Å². The molecule has 22 heavy (non-hydrogen) atoms. The minimum absolute atomic E-state index is 0.818. The Balaban J connectivity index is 1.67. The van der Waals surface area contributed by atoms with Crippen LogP contribution in [0.25, 0.3) is 12.2 Å². The number of anilines is 2. The van der Waals surface area contributed by atoms with Crippen molar-refractivity contribution in [3.8, 4) is 0 Å². The SMILES string of the molecule is O=S(C1=Cc2ccccc2NS1)C1=Cc2ccccc2NS1. The van der Waals surface area contributed by atoms with Gasteiger partial charge in [0.2, 0.25) is 0 Å². The number of hydrogen-bond donors (Lipinski definition) is 2. The van der Waals surface area contributed by atoms with Crippen molar-refractivity contribution in [2.75, 3.05) is 9.44 Å². The Bertz CT molecular complexity index is 762. The third-order valence-corrected chi connectivity index (χ3v) is 7.01. The molecule has 2 aliphatic heterocycles. The van der Waals surface area contributed by atoms with Crippen LogP contribution in [0, 0.1) is 0 Å². The van der Waals surface area contributed by atoms with E-state index in [1.54, 1.807) is 0 Å². The van der Waals surface area contributed by atoms with Gasteiger partial charge in [0, 0.05) is 11.1 Å². The Labute approximate surface area is 140 Å². The van der Waals surface area contributed by atoms with Gasteiger partial charge in [-0.1, -0.05) is 36.4 Å². The Hall–Kier alpha value is -1.63. The van der Waals surface area contributed by atoms with Crippen LogP contribution in [0.2, 0.25) is 0 Å². The van der Waals surface area contributed by atoms with E-state index in [9.17, 15) is 4.21 Å². The summed E-state index contributed by atoms with van der Waals surface area (Å²) < 4.78 is 21.0. The predicted octanol–water partition coefficient (Wildman–Crippen LogP) is 4.88. The maximum Gasteiger partial charge on any atom is 0.102 e. The van der Waals surface area contributed by atoms with Gasteiger partial charge in [0.15, 0.2) is 0 Å². The summed E-state index contributed by atoms with van der Waals surface area (Å²) in [5.74, 6) is 0. The molecule has 0 saturated carbocycles. The van der Waals surface area contributed by atoms with Gasteiger partial charge in [-0.15, -0.1) is 0 Å². The number of rotatable bonds is 2. The van der Waals surface area contributed by atoms with E-state index in [2.05, 4.69) is 9.44 Å². The van der Waals surface area contributed by atoms with E-state index in [0.29, 0.717) is 0 Å². The van der Waals surface area contributed by atoms with E-state index in [4.69, 9.17) is 0 Å². The third kappa shape index (κ3) is 2.58. The maximum absolute atomic E-state index is 12.8. The van der Waals surface area contributed by atoms with E-state index in [1.165, 1.54) is 23.9 Å². The van der Waals surface area contributed by atoms with Gasteiger partial charge in [0.25, 0.3) is 0 Å². The van der Waals surface area contributed by atoms with Crippen LogP contribution in [0.3, 0.4) is 0 Å². The van der Waals surface area contributed by atoms with Crippen molar-refractivity contribution < 1.29 is 4.21 Å². The number of hydrogen-bond acceptors (Lipinski definition) is 5. The molecule has 0 unspecified atom stereocenters. The van der Waals surface area contributed by atoms with Gasteiger partial charge in [-0.2, -0.15) is 0 Å². The summed E-state index contributed by atoms with van der Waals surface area (Å²) in [7, 11) is -1.18. The van der Waals surface area contributed by atoms with Gasteiger partial charge in [0.05, 0.1) is 19.8 Å². The minimum atomic E-state index is -1.18. The molecule has 4 rings (SSSR count). The van der Waals surface area contributed by atoms with E-state index < -0.39 is 10.8 Å². The molecule has 0 radical (unpaired) electrons. The number of para-hydroxylation sites is 2. The molecule has 0 atom stereocenters. The third-order valence-electron chi connectivity index (χ3n) is 3.36. The summed E-state index contributed by atoms with van der Waals surface area (Å²) in [6.07, 6.45) is 3.99. The Morgan fingerprint density at radius 2 is 1.18 bits per heavy atom. The smallest absolute Gasteiger partial charge is 0.102 e. The fourth-order valence-electron chi connectivity index (χ4n) is 2.24. The van der Waals surface area contributed by atoms with Crippen molar-refractivity contribution in [1.29, 1.82) is 0 Å². The van der Waals surface area contributed by atoms with E-state index in [0.717, 1.165) is 31.0 Å². The first-order valence-electron chi connectivity index (χ1n) is 6.70. The second kappa shape index (κ2) is 5.87. The molecule has 110 valence electrons. The number of benzene rings is 2. The highest BCUT2D eigenvalue weighted by Crippen LogP contribution is 2.40. The molecule has 2 aliphatic rings. The van der Waals surface area contributed by atoms with Gasteiger partial charge < -0.3 is 9.44 Å². The Morgan fingerprint density at radius 3 is 1.68 bits per heavy atom. The summed E-state index contributed by atoms with van der Waals surface area (Å²) in [5, 5.41) is 0. The zero-order valence-corrected chi connectivity index (χ0v) is 13.9. The summed E-state index contributed by atoms with van der Waals surface area (Å²) in [6.45, 7) is 0. The quantitative estimate of drug-likeness (QED) is 0.760. The van der Waals surface area contributed by atoms with Gasteiger partial charge in [-0.3, -0.25) is 0 Å². The van der Waals surface area contributed by atoms with Crippen molar-refractivity contribution >= 4 is 58.2 Å². The van der Waals surface area contributed by atoms with Crippen LogP contribution in [0.15, 0.2) is 57.0 Å². The zero-order valence-electron chi connectivity index (χ0n) is 11.4. The zero-order chi connectivity index (χ0) is 14.9. The second-order valence-corrected chi connectivity index (χ2v) is 8.41. The molecule has 0 saturated heterocycles. The molecule has 2 aromatic rings. The topological polar surface area (TPSA) is 41.1 Å². The second-order valence-electron chi connectivity index (χ2n) is 4.78. The molecule has 0 fully saturated rings. The lowest BCUT2D eigenvalue weighted by molar-refractivity contribution is 0.692. The monoisotopic (exact) mass is 344 g/mol. The highest BCUT2D eigenvalue weighted by atomic mass is 32.3. The van der Waals surface area contributed by atoms with E-state index >= 15 is 0 Å². The molecule has 6 heteroatoms. The first-order chi connectivity index (χ1) is 10.8. The summed E-state index contributed by atoms with van der Waals surface area (Å²) >= 11 is 2.84. The van der Waals surface area contributed by atoms with Crippen LogP contribution < -0.4 is 9.44 Å². The van der Waals surface area contributed by atoms with Crippen molar-refractivity contribution in [2.45, 2.75) is 0 Å². The minimum Gasteiger partial charge on any atom is -0.325 e. The van der Waals surface area contributed by atoms with Gasteiger partial charge in [0.1, 0.15) is 10.8 Å². The van der Waals surface area contributed by atoms with Crippen molar-refractivity contribution in [3.63, 3.8) is 0 Å². The van der Waals surface area contributed by atoms with Crippen LogP contribution in [-0.2, 0) is 10.8 Å². The lowest BCUT2D eigenvalue weighted by atomic mass is 10.2. The summed E-state index contributed by atoms with van der Waals surface area (Å²) in [6, 6.07) is 16.0. The van der Waals surface area contributed by atoms with E-state index in [-0.39, 0.29) is 0 Å². The fourth-order valence-corrected chi connectivity index (χ4v) is 5.62. The lowest BCUT2D eigenvalue weighted by Crippen LogP contribution is -2.06. The number of nitrogens with one attached hydrogen (secondary N) is 2. The molecular formula is C16H12N2OS3. The molecule has 0 aliphatic carbocycles. The maximum atomic E-state index is 12.8. The molecule has 3 nitrogen and oxygen atoms in total. The van der Waals surface area contributed by atoms with Crippen LogP contribution in [0.1, 0.15) is 11.1 Å². The van der Waals surface area contributed by atoms with Crippen molar-refractivity contribution in [2.24, 2.45) is 0 Å². The van der Waals surface area contributed by atoms with Gasteiger partial charge in [-0.05, 0) is 48.2 Å².